The van der Waals surface area contributed by atoms with Gasteiger partial charge in [0.05, 0.1) is 11.5 Å². The van der Waals surface area contributed by atoms with E-state index in [0.29, 0.717) is 17.8 Å². The lowest BCUT2D eigenvalue weighted by molar-refractivity contribution is -0.384. The molecule has 26 heavy (non-hydrogen) atoms. The monoisotopic (exact) mass is 354 g/mol. The third kappa shape index (κ3) is 4.15. The lowest BCUT2D eigenvalue weighted by Crippen LogP contribution is -2.24. The average Bonchev–Trinajstić information content (AvgIpc) is 3.07. The molecule has 2 amide bonds. The van der Waals surface area contributed by atoms with Gasteiger partial charge in [0.15, 0.2) is 0 Å². The fourth-order valence-electron chi connectivity index (χ4n) is 2.76. The lowest BCUT2D eigenvalue weighted by atomic mass is 10.2. The Kier molecular flexibility index (Phi) is 5.12. The van der Waals surface area contributed by atoms with Gasteiger partial charge in [0.25, 0.3) is 5.69 Å². The van der Waals surface area contributed by atoms with Gasteiger partial charge in [0.1, 0.15) is 0 Å². The molecule has 1 saturated heterocycles. The normalized spacial score (nSPS) is 13.5. The number of nitrogens with zero attached hydrogens (tertiary/aromatic N) is 2. The largest absolute Gasteiger partial charge is 0.376 e. The van der Waals surface area contributed by atoms with Gasteiger partial charge in [-0.25, -0.2) is 0 Å². The summed E-state index contributed by atoms with van der Waals surface area (Å²) in [6, 6.07) is 13.0. The third-order valence-electron chi connectivity index (χ3n) is 4.05. The molecule has 0 aliphatic carbocycles. The van der Waals surface area contributed by atoms with Crippen LogP contribution in [-0.2, 0) is 9.59 Å². The second kappa shape index (κ2) is 7.64. The van der Waals surface area contributed by atoms with E-state index in [9.17, 15) is 19.7 Å². The summed E-state index contributed by atoms with van der Waals surface area (Å²) < 4.78 is 0. The maximum absolute atomic E-state index is 12.0. The summed E-state index contributed by atoms with van der Waals surface area (Å²) in [4.78, 5) is 35.7. The fraction of sp³-hybridized carbons (Fsp3) is 0.222. The van der Waals surface area contributed by atoms with Crippen molar-refractivity contribution >= 4 is 34.6 Å². The Balaban J connectivity index is 1.54. The van der Waals surface area contributed by atoms with Crippen LogP contribution in [0.2, 0.25) is 0 Å². The number of carbonyl (C=O) groups is 2. The zero-order valence-corrected chi connectivity index (χ0v) is 14.0. The van der Waals surface area contributed by atoms with E-state index in [1.165, 1.54) is 12.1 Å². The highest BCUT2D eigenvalue weighted by atomic mass is 16.6. The molecule has 0 unspecified atom stereocenters. The molecular formula is C18H18N4O4. The molecule has 0 aromatic heterocycles. The molecule has 134 valence electrons. The molecule has 3 rings (SSSR count). The van der Waals surface area contributed by atoms with Crippen molar-refractivity contribution in [3.05, 3.63) is 58.6 Å². The summed E-state index contributed by atoms with van der Waals surface area (Å²) >= 11 is 0. The van der Waals surface area contributed by atoms with E-state index in [-0.39, 0.29) is 24.0 Å². The molecule has 8 heteroatoms. The summed E-state index contributed by atoms with van der Waals surface area (Å²) in [7, 11) is 0. The van der Waals surface area contributed by atoms with Crippen molar-refractivity contribution in [1.82, 2.24) is 0 Å². The van der Waals surface area contributed by atoms with Gasteiger partial charge in [0.2, 0.25) is 11.8 Å². The molecular weight excluding hydrogens is 336 g/mol. The fourth-order valence-corrected chi connectivity index (χ4v) is 2.76. The van der Waals surface area contributed by atoms with Gasteiger partial charge in [0, 0.05) is 42.2 Å². The highest BCUT2D eigenvalue weighted by molar-refractivity contribution is 5.96. The Morgan fingerprint density at radius 1 is 1.15 bits per heavy atom. The van der Waals surface area contributed by atoms with E-state index in [4.69, 9.17) is 0 Å². The number of amides is 2. The molecule has 1 fully saturated rings. The number of non-ortho nitro benzene ring substituents is 1. The molecule has 0 saturated carbocycles. The number of carbonyl (C=O) groups excluding carboxylic acids is 2. The Morgan fingerprint density at radius 3 is 2.58 bits per heavy atom. The van der Waals surface area contributed by atoms with Gasteiger partial charge >= 0.3 is 0 Å². The minimum absolute atomic E-state index is 0.0203. The molecule has 2 N–H and O–H groups in total. The van der Waals surface area contributed by atoms with Crippen molar-refractivity contribution in [2.45, 2.75) is 12.8 Å². The van der Waals surface area contributed by atoms with Gasteiger partial charge in [-0.3, -0.25) is 19.7 Å². The van der Waals surface area contributed by atoms with Crippen molar-refractivity contribution in [2.75, 3.05) is 28.6 Å². The molecule has 2 aromatic carbocycles. The summed E-state index contributed by atoms with van der Waals surface area (Å²) in [5.74, 6) is -0.163. The van der Waals surface area contributed by atoms with Gasteiger partial charge in [-0.1, -0.05) is 6.07 Å². The van der Waals surface area contributed by atoms with Crippen LogP contribution in [0.15, 0.2) is 48.5 Å². The van der Waals surface area contributed by atoms with Crippen molar-refractivity contribution in [1.29, 1.82) is 0 Å². The van der Waals surface area contributed by atoms with E-state index < -0.39 is 4.92 Å². The zero-order chi connectivity index (χ0) is 18.5. The van der Waals surface area contributed by atoms with Gasteiger partial charge < -0.3 is 15.5 Å². The zero-order valence-electron chi connectivity index (χ0n) is 14.0. The predicted molar refractivity (Wildman–Crippen MR) is 98.2 cm³/mol. The summed E-state index contributed by atoms with van der Waals surface area (Å²) in [5, 5.41) is 16.3. The van der Waals surface area contributed by atoms with E-state index in [1.807, 2.05) is 0 Å². The lowest BCUT2D eigenvalue weighted by Gasteiger charge is -2.16. The molecule has 0 radical (unpaired) electrons. The minimum Gasteiger partial charge on any atom is -0.376 e. The van der Waals surface area contributed by atoms with E-state index in [2.05, 4.69) is 10.6 Å². The standard InChI is InChI=1S/C18H18N4O4/c23-17(12-19-14-3-1-4-16(11-14)22(25)26)20-13-6-8-15(9-7-13)21-10-2-5-18(21)24/h1,3-4,6-9,11,19H,2,5,10,12H2,(H,20,23). The third-order valence-corrected chi connectivity index (χ3v) is 4.05. The number of nitro groups is 1. The van der Waals surface area contributed by atoms with E-state index in [1.54, 1.807) is 41.3 Å². The SMILES string of the molecule is O=C(CNc1cccc([N+](=O)[O-])c1)Nc1ccc(N2CCCC2=O)cc1. The number of hydrogen-bond acceptors (Lipinski definition) is 5. The van der Waals surface area contributed by atoms with Crippen LogP contribution in [0.25, 0.3) is 0 Å². The van der Waals surface area contributed by atoms with Gasteiger partial charge in [-0.2, -0.15) is 0 Å². The molecule has 1 aliphatic rings. The smallest absolute Gasteiger partial charge is 0.271 e. The van der Waals surface area contributed by atoms with Crippen molar-refractivity contribution in [3.63, 3.8) is 0 Å². The Morgan fingerprint density at radius 2 is 1.92 bits per heavy atom. The molecule has 2 aromatic rings. The van der Waals surface area contributed by atoms with Crippen molar-refractivity contribution in [3.8, 4) is 0 Å². The van der Waals surface area contributed by atoms with Crippen LogP contribution >= 0.6 is 0 Å². The van der Waals surface area contributed by atoms with Crippen LogP contribution in [0, 0.1) is 10.1 Å². The first-order valence-electron chi connectivity index (χ1n) is 8.21. The number of hydrogen-bond donors (Lipinski definition) is 2. The second-order valence-corrected chi connectivity index (χ2v) is 5.90. The minimum atomic E-state index is -0.488. The number of anilines is 3. The first-order valence-corrected chi connectivity index (χ1v) is 8.21. The second-order valence-electron chi connectivity index (χ2n) is 5.90. The molecule has 0 spiro atoms. The van der Waals surface area contributed by atoms with Crippen LogP contribution in [0.4, 0.5) is 22.7 Å². The topological polar surface area (TPSA) is 105 Å². The van der Waals surface area contributed by atoms with Crippen LogP contribution in [-0.4, -0.2) is 29.8 Å². The molecule has 1 heterocycles. The van der Waals surface area contributed by atoms with Gasteiger partial charge in [-0.15, -0.1) is 0 Å². The van der Waals surface area contributed by atoms with Crippen LogP contribution in [0.1, 0.15) is 12.8 Å². The molecule has 1 aliphatic heterocycles. The van der Waals surface area contributed by atoms with E-state index >= 15 is 0 Å². The maximum Gasteiger partial charge on any atom is 0.271 e. The molecule has 0 bridgehead atoms. The number of nitrogens with one attached hydrogen (secondary N) is 2. The number of rotatable bonds is 6. The Hall–Kier alpha value is -3.42. The first-order chi connectivity index (χ1) is 12.5. The average molecular weight is 354 g/mol. The predicted octanol–water partition coefficient (Wildman–Crippen LogP) is 2.77. The Labute approximate surface area is 150 Å². The summed E-state index contributed by atoms with van der Waals surface area (Å²) in [5.41, 5.74) is 1.89. The van der Waals surface area contributed by atoms with Crippen LogP contribution < -0.4 is 15.5 Å². The summed E-state index contributed by atoms with van der Waals surface area (Å²) in [6.07, 6.45) is 1.43. The van der Waals surface area contributed by atoms with Crippen molar-refractivity contribution < 1.29 is 14.5 Å². The number of benzene rings is 2. The van der Waals surface area contributed by atoms with Crippen LogP contribution in [0.5, 0.6) is 0 Å². The van der Waals surface area contributed by atoms with E-state index in [0.717, 1.165) is 18.7 Å². The molecule has 8 nitrogen and oxygen atoms in total. The summed E-state index contributed by atoms with van der Waals surface area (Å²) in [6.45, 7) is 0.700. The quantitative estimate of drug-likeness (QED) is 0.613. The Bertz CT molecular complexity index is 835. The maximum atomic E-state index is 12.0. The number of nitro benzene ring substituents is 1. The van der Waals surface area contributed by atoms with Gasteiger partial charge in [-0.05, 0) is 36.8 Å². The first kappa shape index (κ1) is 17.4. The van der Waals surface area contributed by atoms with Crippen molar-refractivity contribution in [2.24, 2.45) is 0 Å². The highest BCUT2D eigenvalue weighted by Gasteiger charge is 2.21. The highest BCUT2D eigenvalue weighted by Crippen LogP contribution is 2.23. The molecule has 0 atom stereocenters. The van der Waals surface area contributed by atoms with Crippen LogP contribution in [0.3, 0.4) is 0 Å².